The molecule has 2 rings (SSSR count). The number of rotatable bonds is 11. The first kappa shape index (κ1) is 22.6. The average molecular weight is 412 g/mol. The summed E-state index contributed by atoms with van der Waals surface area (Å²) in [5.74, 6) is -2.06. The number of carboxylic acid groups (broad SMARTS) is 1. The zero-order valence-corrected chi connectivity index (χ0v) is 16.4. The molecule has 0 saturated carbocycles. The summed E-state index contributed by atoms with van der Waals surface area (Å²) in [6, 6.07) is 16.9. The first-order valence-electron chi connectivity index (χ1n) is 9.46. The zero-order valence-electron chi connectivity index (χ0n) is 16.4. The van der Waals surface area contributed by atoms with E-state index in [1.807, 2.05) is 24.3 Å². The molecule has 0 bridgehead atoms. The van der Waals surface area contributed by atoms with Gasteiger partial charge in [0.15, 0.2) is 5.78 Å². The second kappa shape index (κ2) is 12.0. The number of ether oxygens (including phenoxy) is 1. The van der Waals surface area contributed by atoms with Crippen molar-refractivity contribution in [3.05, 3.63) is 71.8 Å². The minimum absolute atomic E-state index is 0.0846. The third-order valence-corrected chi connectivity index (χ3v) is 4.19. The Bertz CT molecular complexity index is 854. The topological polar surface area (TPSA) is 122 Å². The monoisotopic (exact) mass is 412 g/mol. The van der Waals surface area contributed by atoms with Gasteiger partial charge in [-0.3, -0.25) is 9.59 Å². The lowest BCUT2D eigenvalue weighted by atomic mass is 10.1. The molecule has 0 heterocycles. The predicted octanol–water partition coefficient (Wildman–Crippen LogP) is 2.07. The van der Waals surface area contributed by atoms with E-state index < -0.39 is 24.0 Å². The molecule has 0 aliphatic heterocycles. The second-order valence-electron chi connectivity index (χ2n) is 6.60. The molecular weight excluding hydrogens is 388 g/mol. The summed E-state index contributed by atoms with van der Waals surface area (Å²) >= 11 is 0. The molecule has 0 aromatic heterocycles. The SMILES string of the molecule is O=C(CCC(=O)N[C@@H](Cc1ccccc1)C(=O)O)CNC(=O)OCc1ccccc1. The molecule has 0 spiro atoms. The fourth-order valence-electron chi connectivity index (χ4n) is 2.60. The number of carboxylic acids is 1. The minimum Gasteiger partial charge on any atom is -0.480 e. The number of Topliss-reactive ketones (excluding diaryl/α,β-unsaturated/α-hetero) is 1. The molecule has 2 amide bonds. The number of carbonyl (C=O) groups excluding carboxylic acids is 3. The Morgan fingerprint density at radius 2 is 1.47 bits per heavy atom. The standard InChI is InChI=1S/C22H24N2O6/c25-18(14-23-22(29)30-15-17-9-5-2-6-10-17)11-12-20(26)24-19(21(27)28)13-16-7-3-1-4-8-16/h1-10,19H,11-15H2,(H,23,29)(H,24,26)(H,27,28)/t19-/m0/s1. The third kappa shape index (κ3) is 8.55. The maximum Gasteiger partial charge on any atom is 0.407 e. The van der Waals surface area contributed by atoms with Gasteiger partial charge in [-0.2, -0.15) is 0 Å². The summed E-state index contributed by atoms with van der Waals surface area (Å²) in [4.78, 5) is 46.9. The number of alkyl carbamates (subject to hydrolysis) is 1. The van der Waals surface area contributed by atoms with Gasteiger partial charge in [0, 0.05) is 19.3 Å². The van der Waals surface area contributed by atoms with E-state index in [-0.39, 0.29) is 38.2 Å². The van der Waals surface area contributed by atoms with E-state index in [1.54, 1.807) is 36.4 Å². The van der Waals surface area contributed by atoms with E-state index >= 15 is 0 Å². The Hall–Kier alpha value is -3.68. The molecule has 0 aliphatic carbocycles. The molecule has 8 heteroatoms. The smallest absolute Gasteiger partial charge is 0.407 e. The number of nitrogens with one attached hydrogen (secondary N) is 2. The van der Waals surface area contributed by atoms with Crippen LogP contribution in [0.5, 0.6) is 0 Å². The number of carbonyl (C=O) groups is 4. The minimum atomic E-state index is -1.15. The Morgan fingerprint density at radius 1 is 0.867 bits per heavy atom. The molecule has 3 N–H and O–H groups in total. The van der Waals surface area contributed by atoms with Crippen LogP contribution in [-0.2, 0) is 32.1 Å². The Labute approximate surface area is 174 Å². The van der Waals surface area contributed by atoms with Gasteiger partial charge in [-0.1, -0.05) is 60.7 Å². The van der Waals surface area contributed by atoms with Gasteiger partial charge in [-0.05, 0) is 11.1 Å². The van der Waals surface area contributed by atoms with Crippen molar-refractivity contribution in [2.45, 2.75) is 31.9 Å². The third-order valence-electron chi connectivity index (χ3n) is 4.19. The largest absolute Gasteiger partial charge is 0.480 e. The number of aliphatic carboxylic acids is 1. The highest BCUT2D eigenvalue weighted by Gasteiger charge is 2.20. The summed E-state index contributed by atoms with van der Waals surface area (Å²) in [5.41, 5.74) is 1.60. The Balaban J connectivity index is 1.67. The van der Waals surface area contributed by atoms with Crippen LogP contribution in [-0.4, -0.2) is 41.4 Å². The van der Waals surface area contributed by atoms with Crippen LogP contribution in [0.25, 0.3) is 0 Å². The summed E-state index contributed by atoms with van der Waals surface area (Å²) in [5, 5.41) is 14.0. The van der Waals surface area contributed by atoms with Gasteiger partial charge >= 0.3 is 12.1 Å². The van der Waals surface area contributed by atoms with Gasteiger partial charge in [0.05, 0.1) is 6.54 Å². The Kier molecular flexibility index (Phi) is 9.05. The van der Waals surface area contributed by atoms with Crippen molar-refractivity contribution < 1.29 is 29.0 Å². The van der Waals surface area contributed by atoms with E-state index in [9.17, 15) is 24.3 Å². The van der Waals surface area contributed by atoms with Crippen LogP contribution < -0.4 is 10.6 Å². The lowest BCUT2D eigenvalue weighted by Gasteiger charge is -2.14. The van der Waals surface area contributed by atoms with Gasteiger partial charge in [-0.25, -0.2) is 9.59 Å². The number of hydrogen-bond donors (Lipinski definition) is 3. The van der Waals surface area contributed by atoms with E-state index in [0.29, 0.717) is 0 Å². The molecular formula is C22H24N2O6. The lowest BCUT2D eigenvalue weighted by Crippen LogP contribution is -2.42. The molecule has 1 atom stereocenters. The highest BCUT2D eigenvalue weighted by atomic mass is 16.5. The first-order chi connectivity index (χ1) is 14.4. The number of hydrogen-bond acceptors (Lipinski definition) is 5. The maximum absolute atomic E-state index is 12.0. The van der Waals surface area contributed by atoms with E-state index in [1.165, 1.54) is 0 Å². The number of ketones is 1. The van der Waals surface area contributed by atoms with Gasteiger partial charge in [0.1, 0.15) is 12.6 Å². The van der Waals surface area contributed by atoms with Crippen LogP contribution in [0.15, 0.2) is 60.7 Å². The molecule has 8 nitrogen and oxygen atoms in total. The van der Waals surface area contributed by atoms with Crippen LogP contribution in [0, 0.1) is 0 Å². The summed E-state index contributed by atoms with van der Waals surface area (Å²) in [6.45, 7) is -0.186. The van der Waals surface area contributed by atoms with Gasteiger partial charge in [-0.15, -0.1) is 0 Å². The molecule has 0 saturated heterocycles. The Morgan fingerprint density at radius 3 is 2.07 bits per heavy atom. The summed E-state index contributed by atoms with van der Waals surface area (Å²) in [7, 11) is 0. The quantitative estimate of drug-likeness (QED) is 0.519. The number of amides is 2. The van der Waals surface area contributed by atoms with Crippen LogP contribution in [0.2, 0.25) is 0 Å². The molecule has 2 aromatic rings. The molecule has 0 aliphatic rings. The molecule has 158 valence electrons. The molecule has 0 radical (unpaired) electrons. The van der Waals surface area contributed by atoms with Crippen molar-refractivity contribution in [3.8, 4) is 0 Å². The maximum atomic E-state index is 12.0. The van der Waals surface area contributed by atoms with Crippen LogP contribution in [0.4, 0.5) is 4.79 Å². The van der Waals surface area contributed by atoms with E-state index in [0.717, 1.165) is 11.1 Å². The fraction of sp³-hybridized carbons (Fsp3) is 0.273. The van der Waals surface area contributed by atoms with Crippen molar-refractivity contribution in [2.24, 2.45) is 0 Å². The lowest BCUT2D eigenvalue weighted by molar-refractivity contribution is -0.141. The van der Waals surface area contributed by atoms with E-state index in [4.69, 9.17) is 4.74 Å². The molecule has 0 fully saturated rings. The number of benzene rings is 2. The summed E-state index contributed by atoms with van der Waals surface area (Å²) in [6.07, 6.45) is -0.879. The normalized spacial score (nSPS) is 11.2. The second-order valence-corrected chi connectivity index (χ2v) is 6.60. The first-order valence-corrected chi connectivity index (χ1v) is 9.46. The van der Waals surface area contributed by atoms with Crippen LogP contribution >= 0.6 is 0 Å². The predicted molar refractivity (Wildman–Crippen MR) is 109 cm³/mol. The van der Waals surface area contributed by atoms with Crippen molar-refractivity contribution in [1.82, 2.24) is 10.6 Å². The highest BCUT2D eigenvalue weighted by molar-refractivity contribution is 5.89. The average Bonchev–Trinajstić information content (AvgIpc) is 2.75. The van der Waals surface area contributed by atoms with Crippen molar-refractivity contribution >= 4 is 23.8 Å². The fourth-order valence-corrected chi connectivity index (χ4v) is 2.60. The van der Waals surface area contributed by atoms with Gasteiger partial charge in [0.25, 0.3) is 0 Å². The van der Waals surface area contributed by atoms with Crippen molar-refractivity contribution in [3.63, 3.8) is 0 Å². The van der Waals surface area contributed by atoms with Gasteiger partial charge < -0.3 is 20.5 Å². The van der Waals surface area contributed by atoms with Crippen LogP contribution in [0.1, 0.15) is 24.0 Å². The van der Waals surface area contributed by atoms with Crippen LogP contribution in [0.3, 0.4) is 0 Å². The van der Waals surface area contributed by atoms with E-state index in [2.05, 4.69) is 10.6 Å². The highest BCUT2D eigenvalue weighted by Crippen LogP contribution is 2.04. The molecule has 30 heavy (non-hydrogen) atoms. The van der Waals surface area contributed by atoms with Crippen molar-refractivity contribution in [2.75, 3.05) is 6.54 Å². The molecule has 2 aromatic carbocycles. The molecule has 0 unspecified atom stereocenters. The zero-order chi connectivity index (χ0) is 21.8. The van der Waals surface area contributed by atoms with Crippen molar-refractivity contribution in [1.29, 1.82) is 0 Å². The van der Waals surface area contributed by atoms with Gasteiger partial charge in [0.2, 0.25) is 5.91 Å². The summed E-state index contributed by atoms with van der Waals surface area (Å²) < 4.78 is 4.99.